The molecule has 0 saturated carbocycles. The summed E-state index contributed by atoms with van der Waals surface area (Å²) in [6.45, 7) is 1.95. The molecule has 0 fully saturated rings. The van der Waals surface area contributed by atoms with E-state index in [-0.39, 0.29) is 0 Å². The number of aromatic nitrogens is 2. The molecule has 0 amide bonds. The van der Waals surface area contributed by atoms with Crippen LogP contribution in [0.25, 0.3) is 11.4 Å². The highest BCUT2D eigenvalue weighted by Crippen LogP contribution is 2.24. The minimum absolute atomic E-state index is 0.662. The number of ether oxygens (including phenoxy) is 1. The van der Waals surface area contributed by atoms with Crippen LogP contribution in [-0.4, -0.2) is 23.3 Å². The lowest BCUT2D eigenvalue weighted by Gasteiger charge is -2.07. The Morgan fingerprint density at radius 1 is 1.28 bits per heavy atom. The van der Waals surface area contributed by atoms with Crippen LogP contribution in [0.5, 0.6) is 5.75 Å². The number of nitrogens with two attached hydrogens (primary N) is 1. The topological polar surface area (TPSA) is 73.4 Å². The van der Waals surface area contributed by atoms with Crippen molar-refractivity contribution in [3.05, 3.63) is 41.7 Å². The van der Waals surface area contributed by atoms with E-state index in [2.05, 4.69) is 15.1 Å². The van der Waals surface area contributed by atoms with Gasteiger partial charge in [-0.1, -0.05) is 6.07 Å². The average Bonchev–Trinajstić information content (AvgIpc) is 2.40. The lowest BCUT2D eigenvalue weighted by atomic mass is 10.1. The summed E-state index contributed by atoms with van der Waals surface area (Å²) in [6.07, 6.45) is 5.10. The van der Waals surface area contributed by atoms with Gasteiger partial charge in [0.25, 0.3) is 0 Å². The summed E-state index contributed by atoms with van der Waals surface area (Å²) in [5.74, 6) is 6.49. The number of benzene rings is 1. The van der Waals surface area contributed by atoms with Crippen molar-refractivity contribution in [3.63, 3.8) is 0 Å². The molecule has 0 atom stereocenters. The molecule has 0 aliphatic rings. The van der Waals surface area contributed by atoms with Gasteiger partial charge in [-0.05, 0) is 24.6 Å². The Labute approximate surface area is 105 Å². The van der Waals surface area contributed by atoms with Crippen molar-refractivity contribution in [2.24, 2.45) is 10.9 Å². The molecule has 5 heteroatoms. The summed E-state index contributed by atoms with van der Waals surface area (Å²) in [5.41, 5.74) is 2.73. The van der Waals surface area contributed by atoms with Crippen molar-refractivity contribution in [1.82, 2.24) is 9.97 Å². The third kappa shape index (κ3) is 2.45. The first kappa shape index (κ1) is 12.0. The summed E-state index contributed by atoms with van der Waals surface area (Å²) in [5, 5.41) is 3.49. The Kier molecular flexibility index (Phi) is 3.52. The molecule has 2 rings (SSSR count). The van der Waals surface area contributed by atoms with Crippen LogP contribution in [0.1, 0.15) is 11.1 Å². The monoisotopic (exact) mass is 242 g/mol. The molecule has 1 heterocycles. The SMILES string of the molecule is COc1cc(-c2ncc(C)cn2)ccc1C=NN. The molecule has 0 saturated heterocycles. The first-order valence-electron chi connectivity index (χ1n) is 5.45. The van der Waals surface area contributed by atoms with E-state index in [1.54, 1.807) is 25.7 Å². The van der Waals surface area contributed by atoms with Gasteiger partial charge in [-0.2, -0.15) is 5.10 Å². The number of hydrogen-bond donors (Lipinski definition) is 1. The molecule has 2 aromatic rings. The van der Waals surface area contributed by atoms with Gasteiger partial charge >= 0.3 is 0 Å². The van der Waals surface area contributed by atoms with Gasteiger partial charge in [-0.25, -0.2) is 9.97 Å². The Balaban J connectivity index is 2.43. The molecule has 1 aromatic carbocycles. The van der Waals surface area contributed by atoms with E-state index in [9.17, 15) is 0 Å². The minimum atomic E-state index is 0.662. The third-order valence-corrected chi connectivity index (χ3v) is 2.49. The lowest BCUT2D eigenvalue weighted by Crippen LogP contribution is -1.95. The fourth-order valence-corrected chi connectivity index (χ4v) is 1.58. The molecule has 92 valence electrons. The van der Waals surface area contributed by atoms with E-state index in [4.69, 9.17) is 10.6 Å². The number of rotatable bonds is 3. The van der Waals surface area contributed by atoms with Gasteiger partial charge in [-0.3, -0.25) is 0 Å². The number of aryl methyl sites for hydroxylation is 1. The highest BCUT2D eigenvalue weighted by Gasteiger charge is 2.06. The van der Waals surface area contributed by atoms with Gasteiger partial charge < -0.3 is 10.6 Å². The van der Waals surface area contributed by atoms with Crippen molar-refractivity contribution >= 4 is 6.21 Å². The predicted molar refractivity (Wildman–Crippen MR) is 70.5 cm³/mol. The van der Waals surface area contributed by atoms with Crippen molar-refractivity contribution < 1.29 is 4.74 Å². The van der Waals surface area contributed by atoms with E-state index in [1.165, 1.54) is 0 Å². The maximum absolute atomic E-state index is 5.28. The second kappa shape index (κ2) is 5.27. The molecular formula is C13H14N4O. The quantitative estimate of drug-likeness (QED) is 0.505. The smallest absolute Gasteiger partial charge is 0.159 e. The van der Waals surface area contributed by atoms with Crippen molar-refractivity contribution in [1.29, 1.82) is 0 Å². The van der Waals surface area contributed by atoms with E-state index >= 15 is 0 Å². The predicted octanol–water partition coefficient (Wildman–Crippen LogP) is 1.75. The fourth-order valence-electron chi connectivity index (χ4n) is 1.58. The van der Waals surface area contributed by atoms with Crippen LogP contribution in [0, 0.1) is 6.92 Å². The standard InChI is InChI=1S/C13H14N4O/c1-9-6-15-13(16-7-9)10-3-4-11(8-17-14)12(5-10)18-2/h3-8H,14H2,1-2H3. The van der Waals surface area contributed by atoms with Crippen molar-refractivity contribution in [2.45, 2.75) is 6.92 Å². The van der Waals surface area contributed by atoms with Gasteiger partial charge in [0.05, 0.1) is 13.3 Å². The molecule has 0 radical (unpaired) electrons. The van der Waals surface area contributed by atoms with E-state index in [0.717, 1.165) is 16.7 Å². The van der Waals surface area contributed by atoms with E-state index in [1.807, 2.05) is 25.1 Å². The summed E-state index contributed by atoms with van der Waals surface area (Å²) in [4.78, 5) is 8.55. The zero-order chi connectivity index (χ0) is 13.0. The Morgan fingerprint density at radius 2 is 2.00 bits per heavy atom. The molecule has 1 aromatic heterocycles. The normalized spacial score (nSPS) is 10.8. The van der Waals surface area contributed by atoms with Crippen molar-refractivity contribution in [2.75, 3.05) is 7.11 Å². The summed E-state index contributed by atoms with van der Waals surface area (Å²) < 4.78 is 5.28. The zero-order valence-corrected chi connectivity index (χ0v) is 10.3. The number of hydrogen-bond acceptors (Lipinski definition) is 5. The molecule has 18 heavy (non-hydrogen) atoms. The first-order valence-corrected chi connectivity index (χ1v) is 5.45. The molecule has 0 spiro atoms. The van der Waals surface area contributed by atoms with Crippen LogP contribution in [0.3, 0.4) is 0 Å². The maximum Gasteiger partial charge on any atom is 0.159 e. The van der Waals surface area contributed by atoms with Crippen LogP contribution in [-0.2, 0) is 0 Å². The second-order valence-electron chi connectivity index (χ2n) is 3.82. The second-order valence-corrected chi connectivity index (χ2v) is 3.82. The van der Waals surface area contributed by atoms with Crippen LogP contribution >= 0.6 is 0 Å². The molecule has 0 aliphatic heterocycles. The van der Waals surface area contributed by atoms with Gasteiger partial charge in [-0.15, -0.1) is 0 Å². The lowest BCUT2D eigenvalue weighted by molar-refractivity contribution is 0.414. The first-order chi connectivity index (χ1) is 8.74. The Hall–Kier alpha value is -2.43. The molecule has 0 bridgehead atoms. The fraction of sp³-hybridized carbons (Fsp3) is 0.154. The highest BCUT2D eigenvalue weighted by atomic mass is 16.5. The van der Waals surface area contributed by atoms with Crippen molar-refractivity contribution in [3.8, 4) is 17.1 Å². The minimum Gasteiger partial charge on any atom is -0.496 e. The Bertz CT molecular complexity index is 564. The summed E-state index contributed by atoms with van der Waals surface area (Å²) >= 11 is 0. The zero-order valence-electron chi connectivity index (χ0n) is 10.3. The highest BCUT2D eigenvalue weighted by molar-refractivity contribution is 5.84. The van der Waals surface area contributed by atoms with E-state index < -0.39 is 0 Å². The largest absolute Gasteiger partial charge is 0.496 e. The van der Waals surface area contributed by atoms with Gasteiger partial charge in [0.1, 0.15) is 5.75 Å². The van der Waals surface area contributed by atoms with Crippen LogP contribution < -0.4 is 10.6 Å². The van der Waals surface area contributed by atoms with E-state index in [0.29, 0.717) is 11.6 Å². The molecule has 2 N–H and O–H groups in total. The van der Waals surface area contributed by atoms with Gasteiger partial charge in [0.2, 0.25) is 0 Å². The van der Waals surface area contributed by atoms with Crippen LogP contribution in [0.4, 0.5) is 0 Å². The third-order valence-electron chi connectivity index (χ3n) is 2.49. The summed E-state index contributed by atoms with van der Waals surface area (Å²) in [6, 6.07) is 5.64. The number of nitrogens with zero attached hydrogens (tertiary/aromatic N) is 3. The molecular weight excluding hydrogens is 228 g/mol. The van der Waals surface area contributed by atoms with Crippen LogP contribution in [0.15, 0.2) is 35.7 Å². The average molecular weight is 242 g/mol. The number of hydrazone groups is 1. The summed E-state index contributed by atoms with van der Waals surface area (Å²) in [7, 11) is 1.60. The van der Waals surface area contributed by atoms with Gasteiger partial charge in [0.15, 0.2) is 5.82 Å². The number of methoxy groups -OCH3 is 1. The molecule has 0 unspecified atom stereocenters. The molecule has 5 nitrogen and oxygen atoms in total. The Morgan fingerprint density at radius 3 is 2.61 bits per heavy atom. The van der Waals surface area contributed by atoms with Gasteiger partial charge in [0, 0.05) is 23.5 Å². The maximum atomic E-state index is 5.28. The van der Waals surface area contributed by atoms with Crippen LogP contribution in [0.2, 0.25) is 0 Å². The molecule has 0 aliphatic carbocycles.